The third-order valence-corrected chi connectivity index (χ3v) is 4.94. The van der Waals surface area contributed by atoms with Crippen LogP contribution in [-0.2, 0) is 6.54 Å². The highest BCUT2D eigenvalue weighted by atomic mass is 16.5. The molecule has 3 rings (SSSR count). The fourth-order valence-corrected chi connectivity index (χ4v) is 3.39. The fourth-order valence-electron chi connectivity index (χ4n) is 3.39. The van der Waals surface area contributed by atoms with Crippen molar-refractivity contribution in [1.82, 2.24) is 30.7 Å². The molecular weight excluding hydrogens is 342 g/mol. The van der Waals surface area contributed by atoms with E-state index >= 15 is 0 Å². The Bertz CT molecular complexity index is 741. The van der Waals surface area contributed by atoms with E-state index in [-0.39, 0.29) is 0 Å². The molecule has 0 saturated carbocycles. The lowest BCUT2D eigenvalue weighted by molar-refractivity contribution is 0.267. The van der Waals surface area contributed by atoms with E-state index < -0.39 is 0 Å². The quantitative estimate of drug-likeness (QED) is 0.506. The van der Waals surface area contributed by atoms with Crippen molar-refractivity contribution in [1.29, 1.82) is 0 Å². The Kier molecular flexibility index (Phi) is 6.64. The van der Waals surface area contributed by atoms with Crippen LogP contribution in [0.3, 0.4) is 0 Å². The molecule has 1 atom stereocenters. The maximum absolute atomic E-state index is 5.18. The highest BCUT2D eigenvalue weighted by Gasteiger charge is 2.22. The first kappa shape index (κ1) is 19.2. The Morgan fingerprint density at radius 1 is 1.33 bits per heavy atom. The van der Waals surface area contributed by atoms with Gasteiger partial charge in [-0.1, -0.05) is 6.92 Å². The van der Waals surface area contributed by atoms with Crippen LogP contribution in [0.15, 0.2) is 29.3 Å². The number of nitrogens with zero attached hydrogens (tertiary/aromatic N) is 4. The van der Waals surface area contributed by atoms with Gasteiger partial charge in [-0.15, -0.1) is 0 Å². The molecule has 1 unspecified atom stereocenters. The maximum Gasteiger partial charge on any atom is 0.191 e. The molecule has 1 aliphatic rings. The van der Waals surface area contributed by atoms with E-state index in [1.54, 1.807) is 14.2 Å². The summed E-state index contributed by atoms with van der Waals surface area (Å²) < 4.78 is 5.18. The van der Waals surface area contributed by atoms with Crippen LogP contribution in [0.4, 0.5) is 0 Å². The molecule has 0 radical (unpaired) electrons. The zero-order valence-electron chi connectivity index (χ0n) is 16.3. The van der Waals surface area contributed by atoms with Gasteiger partial charge in [0.1, 0.15) is 11.6 Å². The summed E-state index contributed by atoms with van der Waals surface area (Å²) >= 11 is 0. The monoisotopic (exact) mass is 371 g/mol. The first-order valence-electron chi connectivity index (χ1n) is 9.47. The topological polar surface area (TPSA) is 90.5 Å². The lowest BCUT2D eigenvalue weighted by Gasteiger charge is -2.23. The van der Waals surface area contributed by atoms with Gasteiger partial charge in [-0.25, -0.2) is 4.98 Å². The van der Waals surface area contributed by atoms with Crippen LogP contribution in [-0.4, -0.2) is 65.9 Å². The summed E-state index contributed by atoms with van der Waals surface area (Å²) in [5.41, 5.74) is 0.946. The van der Waals surface area contributed by atoms with Gasteiger partial charge in [0.15, 0.2) is 11.8 Å². The maximum atomic E-state index is 5.18. The van der Waals surface area contributed by atoms with Crippen molar-refractivity contribution in [3.63, 3.8) is 0 Å². The summed E-state index contributed by atoms with van der Waals surface area (Å²) in [5.74, 6) is 3.03. The van der Waals surface area contributed by atoms with Gasteiger partial charge >= 0.3 is 0 Å². The molecule has 2 heterocycles. The molecule has 1 aromatic heterocycles. The number of guanidine groups is 1. The van der Waals surface area contributed by atoms with Crippen LogP contribution in [0.1, 0.15) is 25.6 Å². The Morgan fingerprint density at radius 2 is 2.15 bits per heavy atom. The molecule has 1 saturated heterocycles. The Balaban J connectivity index is 1.50. The van der Waals surface area contributed by atoms with Crippen molar-refractivity contribution in [2.45, 2.75) is 32.4 Å². The fraction of sp³-hybridized carbons (Fsp3) is 0.526. The van der Waals surface area contributed by atoms with Gasteiger partial charge in [-0.2, -0.15) is 5.10 Å². The van der Waals surface area contributed by atoms with Crippen LogP contribution < -0.4 is 15.4 Å². The van der Waals surface area contributed by atoms with E-state index in [1.807, 2.05) is 24.3 Å². The number of methoxy groups -OCH3 is 1. The Hall–Kier alpha value is -2.61. The number of hydrogen-bond acceptors (Lipinski definition) is 5. The van der Waals surface area contributed by atoms with Gasteiger partial charge in [0.05, 0.1) is 13.7 Å². The third-order valence-electron chi connectivity index (χ3n) is 4.94. The predicted molar refractivity (Wildman–Crippen MR) is 107 cm³/mol. The SMILES string of the molecule is CCN1CCCC1CNC(=NC)NCc1nc(-c2ccc(OC)cc2)n[nH]1. The van der Waals surface area contributed by atoms with E-state index in [9.17, 15) is 0 Å². The summed E-state index contributed by atoms with van der Waals surface area (Å²) in [5, 5.41) is 14.0. The first-order valence-corrected chi connectivity index (χ1v) is 9.47. The Morgan fingerprint density at radius 3 is 2.85 bits per heavy atom. The number of rotatable bonds is 7. The van der Waals surface area contributed by atoms with Gasteiger partial charge < -0.3 is 15.4 Å². The van der Waals surface area contributed by atoms with Crippen molar-refractivity contribution in [2.75, 3.05) is 33.8 Å². The molecule has 0 bridgehead atoms. The van der Waals surface area contributed by atoms with Crippen molar-refractivity contribution >= 4 is 5.96 Å². The van der Waals surface area contributed by atoms with Crippen LogP contribution in [0, 0.1) is 0 Å². The molecule has 1 aliphatic heterocycles. The minimum Gasteiger partial charge on any atom is -0.497 e. The molecule has 1 fully saturated rings. The van der Waals surface area contributed by atoms with Gasteiger partial charge in [-0.3, -0.25) is 15.0 Å². The summed E-state index contributed by atoms with van der Waals surface area (Å²) in [7, 11) is 3.43. The van der Waals surface area contributed by atoms with Gasteiger partial charge in [0, 0.05) is 25.2 Å². The molecule has 1 aromatic carbocycles. The number of nitrogens with one attached hydrogen (secondary N) is 3. The average Bonchev–Trinajstić information content (AvgIpc) is 3.37. The lowest BCUT2D eigenvalue weighted by Crippen LogP contribution is -2.44. The molecule has 8 nitrogen and oxygen atoms in total. The minimum absolute atomic E-state index is 0.533. The van der Waals surface area contributed by atoms with E-state index in [0.29, 0.717) is 18.4 Å². The third kappa shape index (κ3) is 4.97. The predicted octanol–water partition coefficient (Wildman–Crippen LogP) is 1.63. The molecule has 27 heavy (non-hydrogen) atoms. The lowest BCUT2D eigenvalue weighted by atomic mass is 10.2. The van der Waals surface area contributed by atoms with E-state index in [0.717, 1.165) is 36.2 Å². The summed E-state index contributed by atoms with van der Waals surface area (Å²) in [6.45, 7) is 5.95. The highest BCUT2D eigenvalue weighted by Crippen LogP contribution is 2.19. The molecule has 2 aromatic rings. The van der Waals surface area contributed by atoms with Gasteiger partial charge in [-0.05, 0) is 50.2 Å². The smallest absolute Gasteiger partial charge is 0.191 e. The van der Waals surface area contributed by atoms with Crippen molar-refractivity contribution in [2.24, 2.45) is 4.99 Å². The number of aliphatic imine (C=N–C) groups is 1. The Labute approximate surface area is 160 Å². The number of aromatic nitrogens is 3. The van der Waals surface area contributed by atoms with Crippen LogP contribution in [0.25, 0.3) is 11.4 Å². The second kappa shape index (κ2) is 9.36. The number of likely N-dealkylation sites (N-methyl/N-ethyl adjacent to an activating group) is 1. The number of benzene rings is 1. The zero-order valence-corrected chi connectivity index (χ0v) is 16.3. The molecule has 3 N–H and O–H groups in total. The standard InChI is InChI=1S/C19H29N7O/c1-4-26-11-5-6-15(26)12-21-19(20-2)22-13-17-23-18(25-24-17)14-7-9-16(27-3)10-8-14/h7-10,15H,4-6,11-13H2,1-3H3,(H2,20,21,22)(H,23,24,25). The number of hydrogen-bond donors (Lipinski definition) is 3. The molecule has 8 heteroatoms. The molecule has 0 spiro atoms. The van der Waals surface area contributed by atoms with E-state index in [4.69, 9.17) is 4.74 Å². The largest absolute Gasteiger partial charge is 0.497 e. The summed E-state index contributed by atoms with van der Waals surface area (Å²) in [6, 6.07) is 8.28. The van der Waals surface area contributed by atoms with Crippen LogP contribution in [0.5, 0.6) is 5.75 Å². The zero-order chi connectivity index (χ0) is 19.1. The van der Waals surface area contributed by atoms with E-state index in [1.165, 1.54) is 19.4 Å². The molecular formula is C19H29N7O. The summed E-state index contributed by atoms with van der Waals surface area (Å²) in [6.07, 6.45) is 2.52. The second-order valence-corrected chi connectivity index (χ2v) is 6.57. The van der Waals surface area contributed by atoms with E-state index in [2.05, 4.69) is 42.6 Å². The molecule has 0 amide bonds. The normalized spacial score (nSPS) is 17.9. The van der Waals surface area contributed by atoms with Gasteiger partial charge in [0.2, 0.25) is 0 Å². The summed E-state index contributed by atoms with van der Waals surface area (Å²) in [4.78, 5) is 11.4. The number of ether oxygens (including phenoxy) is 1. The van der Waals surface area contributed by atoms with Crippen molar-refractivity contribution in [3.8, 4) is 17.1 Å². The number of likely N-dealkylation sites (tertiary alicyclic amines) is 1. The molecule has 0 aliphatic carbocycles. The first-order chi connectivity index (χ1) is 13.2. The van der Waals surface area contributed by atoms with Crippen LogP contribution >= 0.6 is 0 Å². The number of aromatic amines is 1. The molecule has 146 valence electrons. The van der Waals surface area contributed by atoms with Crippen LogP contribution in [0.2, 0.25) is 0 Å². The average molecular weight is 371 g/mol. The van der Waals surface area contributed by atoms with Gasteiger partial charge in [0.25, 0.3) is 0 Å². The number of H-pyrrole nitrogens is 1. The minimum atomic E-state index is 0.533. The highest BCUT2D eigenvalue weighted by molar-refractivity contribution is 5.79. The van der Waals surface area contributed by atoms with Crippen molar-refractivity contribution < 1.29 is 4.74 Å². The van der Waals surface area contributed by atoms with Crippen molar-refractivity contribution in [3.05, 3.63) is 30.1 Å². The second-order valence-electron chi connectivity index (χ2n) is 6.57.